The highest BCUT2D eigenvalue weighted by Gasteiger charge is 2.28. The van der Waals surface area contributed by atoms with Gasteiger partial charge >= 0.3 is 0 Å². The normalized spacial score (nSPS) is 14.9. The fourth-order valence-electron chi connectivity index (χ4n) is 1.69. The number of ether oxygens (including phenoxy) is 1. The van der Waals surface area contributed by atoms with Crippen LogP contribution in [0.3, 0.4) is 0 Å². The minimum atomic E-state index is -0.216. The zero-order valence-corrected chi connectivity index (χ0v) is 11.6. The lowest BCUT2D eigenvalue weighted by Gasteiger charge is -2.06. The summed E-state index contributed by atoms with van der Waals surface area (Å²) in [7, 11) is 0. The molecule has 1 aromatic rings. The Morgan fingerprint density at radius 2 is 2.32 bits per heavy atom. The van der Waals surface area contributed by atoms with Gasteiger partial charge in [-0.3, -0.25) is 9.89 Å². The van der Waals surface area contributed by atoms with Gasteiger partial charge in [-0.2, -0.15) is 0 Å². The molecule has 19 heavy (non-hydrogen) atoms. The van der Waals surface area contributed by atoms with Gasteiger partial charge in [0.25, 0.3) is 5.91 Å². The summed E-state index contributed by atoms with van der Waals surface area (Å²) in [6, 6.07) is 0. The first-order chi connectivity index (χ1) is 9.16. The number of nitrogens with one attached hydrogen (secondary N) is 2. The Hall–Kier alpha value is -1.43. The van der Waals surface area contributed by atoms with Crippen molar-refractivity contribution < 1.29 is 9.53 Å². The van der Waals surface area contributed by atoms with Crippen LogP contribution in [0.15, 0.2) is 0 Å². The maximum absolute atomic E-state index is 11.7. The largest absolute Gasteiger partial charge is 0.381 e. The molecule has 6 heteroatoms. The molecule has 0 saturated heterocycles. The molecule has 0 aromatic carbocycles. The molecule has 0 aliphatic heterocycles. The Morgan fingerprint density at radius 1 is 1.53 bits per heavy atom. The molecule has 0 radical (unpaired) electrons. The summed E-state index contributed by atoms with van der Waals surface area (Å²) >= 11 is 0. The van der Waals surface area contributed by atoms with E-state index in [-0.39, 0.29) is 11.7 Å². The van der Waals surface area contributed by atoms with Crippen LogP contribution in [0.5, 0.6) is 0 Å². The van der Waals surface area contributed by atoms with Gasteiger partial charge in [0.05, 0.1) is 0 Å². The van der Waals surface area contributed by atoms with E-state index in [0.29, 0.717) is 25.0 Å². The van der Waals surface area contributed by atoms with Crippen LogP contribution in [0.25, 0.3) is 0 Å². The van der Waals surface area contributed by atoms with Gasteiger partial charge in [-0.05, 0) is 25.2 Å². The third kappa shape index (κ3) is 4.63. The van der Waals surface area contributed by atoms with Gasteiger partial charge in [0.2, 0.25) is 5.82 Å². The smallest absolute Gasteiger partial charge is 0.290 e. The van der Waals surface area contributed by atoms with E-state index in [0.717, 1.165) is 31.7 Å². The quantitative estimate of drug-likeness (QED) is 0.698. The Bertz CT molecular complexity index is 413. The Balaban J connectivity index is 1.61. The maximum atomic E-state index is 11.7. The lowest BCUT2D eigenvalue weighted by Crippen LogP contribution is -2.26. The van der Waals surface area contributed by atoms with Gasteiger partial charge < -0.3 is 10.1 Å². The second kappa shape index (κ2) is 6.65. The van der Waals surface area contributed by atoms with Gasteiger partial charge in [0.1, 0.15) is 5.82 Å². The van der Waals surface area contributed by atoms with Gasteiger partial charge in [0, 0.05) is 25.7 Å². The van der Waals surface area contributed by atoms with Crippen LogP contribution in [0, 0.1) is 5.92 Å². The van der Waals surface area contributed by atoms with Gasteiger partial charge in [0.15, 0.2) is 0 Å². The second-order valence-corrected chi connectivity index (χ2v) is 5.40. The van der Waals surface area contributed by atoms with E-state index in [9.17, 15) is 4.79 Å². The van der Waals surface area contributed by atoms with Crippen LogP contribution < -0.4 is 5.32 Å². The zero-order chi connectivity index (χ0) is 13.7. The van der Waals surface area contributed by atoms with Crippen molar-refractivity contribution in [2.24, 2.45) is 5.92 Å². The van der Waals surface area contributed by atoms with E-state index in [1.807, 2.05) is 0 Å². The first-order valence-corrected chi connectivity index (χ1v) is 6.95. The van der Waals surface area contributed by atoms with Gasteiger partial charge in [-0.15, -0.1) is 5.10 Å². The molecule has 0 unspecified atom stereocenters. The molecule has 1 fully saturated rings. The summed E-state index contributed by atoms with van der Waals surface area (Å²) in [6.45, 7) is 6.24. The van der Waals surface area contributed by atoms with Crippen molar-refractivity contribution in [2.45, 2.75) is 39.0 Å². The number of hydrogen-bond acceptors (Lipinski definition) is 4. The fourth-order valence-corrected chi connectivity index (χ4v) is 1.69. The molecule has 0 bridgehead atoms. The predicted octanol–water partition coefficient (Wildman–Crippen LogP) is 1.47. The number of aromatic amines is 1. The van der Waals surface area contributed by atoms with Crippen LogP contribution in [-0.4, -0.2) is 40.8 Å². The Kier molecular flexibility index (Phi) is 4.90. The molecule has 1 aliphatic rings. The standard InChI is InChI=1S/C13H22N4O2/c1-9(2)8-19-7-3-6-14-13(18)12-15-11(16-17-12)10-4-5-10/h9-10H,3-8H2,1-2H3,(H,14,18)(H,15,16,17). The molecule has 1 aliphatic carbocycles. The highest BCUT2D eigenvalue weighted by atomic mass is 16.5. The van der Waals surface area contributed by atoms with E-state index in [2.05, 4.69) is 34.3 Å². The van der Waals surface area contributed by atoms with Crippen molar-refractivity contribution in [1.29, 1.82) is 0 Å². The monoisotopic (exact) mass is 266 g/mol. The number of nitrogens with zero attached hydrogens (tertiary/aromatic N) is 2. The topological polar surface area (TPSA) is 79.9 Å². The molecule has 1 heterocycles. The summed E-state index contributed by atoms with van der Waals surface area (Å²) in [6.07, 6.45) is 3.09. The van der Waals surface area contributed by atoms with Crippen LogP contribution in [-0.2, 0) is 4.74 Å². The number of aromatic nitrogens is 3. The van der Waals surface area contributed by atoms with E-state index < -0.39 is 0 Å². The molecule has 6 nitrogen and oxygen atoms in total. The summed E-state index contributed by atoms with van der Waals surface area (Å²) < 4.78 is 5.44. The summed E-state index contributed by atoms with van der Waals surface area (Å²) in [5.74, 6) is 1.89. The molecule has 106 valence electrons. The van der Waals surface area contributed by atoms with Crippen LogP contribution in [0.4, 0.5) is 0 Å². The van der Waals surface area contributed by atoms with Crippen molar-refractivity contribution >= 4 is 5.91 Å². The van der Waals surface area contributed by atoms with Crippen LogP contribution in [0.2, 0.25) is 0 Å². The van der Waals surface area contributed by atoms with E-state index in [4.69, 9.17) is 4.74 Å². The molecule has 2 rings (SSSR count). The highest BCUT2D eigenvalue weighted by Crippen LogP contribution is 2.37. The van der Waals surface area contributed by atoms with Crippen LogP contribution >= 0.6 is 0 Å². The second-order valence-electron chi connectivity index (χ2n) is 5.40. The highest BCUT2D eigenvalue weighted by molar-refractivity contribution is 5.90. The molecule has 1 amide bonds. The molecular formula is C13H22N4O2. The average Bonchev–Trinajstić information content (AvgIpc) is 3.11. The number of rotatable bonds is 8. The molecule has 1 saturated carbocycles. The zero-order valence-electron chi connectivity index (χ0n) is 11.6. The van der Waals surface area contributed by atoms with Crippen molar-refractivity contribution in [2.75, 3.05) is 19.8 Å². The van der Waals surface area contributed by atoms with E-state index in [1.165, 1.54) is 0 Å². The molecule has 0 spiro atoms. The number of carbonyl (C=O) groups is 1. The fraction of sp³-hybridized carbons (Fsp3) is 0.769. The van der Waals surface area contributed by atoms with Crippen LogP contribution in [0.1, 0.15) is 55.5 Å². The van der Waals surface area contributed by atoms with Gasteiger partial charge in [-0.1, -0.05) is 13.8 Å². The minimum Gasteiger partial charge on any atom is -0.381 e. The number of hydrogen-bond donors (Lipinski definition) is 2. The number of H-pyrrole nitrogens is 1. The van der Waals surface area contributed by atoms with Crippen molar-refractivity contribution in [1.82, 2.24) is 20.5 Å². The number of amides is 1. The van der Waals surface area contributed by atoms with Gasteiger partial charge in [-0.25, -0.2) is 4.98 Å². The molecule has 0 atom stereocenters. The van der Waals surface area contributed by atoms with E-state index in [1.54, 1.807) is 0 Å². The first-order valence-electron chi connectivity index (χ1n) is 6.95. The first kappa shape index (κ1) is 14.0. The van der Waals surface area contributed by atoms with Crippen molar-refractivity contribution in [3.8, 4) is 0 Å². The van der Waals surface area contributed by atoms with E-state index >= 15 is 0 Å². The summed E-state index contributed by atoms with van der Waals surface area (Å²) in [5, 5.41) is 9.56. The summed E-state index contributed by atoms with van der Waals surface area (Å²) in [4.78, 5) is 15.9. The van der Waals surface area contributed by atoms with Crippen molar-refractivity contribution in [3.05, 3.63) is 11.6 Å². The minimum absolute atomic E-state index is 0.216. The van der Waals surface area contributed by atoms with Crippen molar-refractivity contribution in [3.63, 3.8) is 0 Å². The third-order valence-electron chi connectivity index (χ3n) is 2.87. The molecule has 1 aromatic heterocycles. The maximum Gasteiger partial charge on any atom is 0.290 e. The molecular weight excluding hydrogens is 244 g/mol. The lowest BCUT2D eigenvalue weighted by atomic mass is 10.2. The Labute approximate surface area is 113 Å². The Morgan fingerprint density at radius 3 is 3.00 bits per heavy atom. The third-order valence-corrected chi connectivity index (χ3v) is 2.87. The SMILES string of the molecule is CC(C)COCCCNC(=O)c1n[nH]c(C2CC2)n1. The summed E-state index contributed by atoms with van der Waals surface area (Å²) in [5.41, 5.74) is 0. The predicted molar refractivity (Wildman–Crippen MR) is 71.0 cm³/mol. The average molecular weight is 266 g/mol. The number of carbonyl (C=O) groups excluding carboxylic acids is 1. The molecule has 2 N–H and O–H groups in total. The lowest BCUT2D eigenvalue weighted by molar-refractivity contribution is 0.0916.